The zero-order valence-corrected chi connectivity index (χ0v) is 13.9. The molecular formula is C15H16ClN3O3S. The van der Waals surface area contributed by atoms with E-state index in [9.17, 15) is 13.2 Å². The lowest BCUT2D eigenvalue weighted by molar-refractivity contribution is -0.116. The van der Waals surface area contributed by atoms with Crippen LogP contribution < -0.4 is 15.8 Å². The maximum absolute atomic E-state index is 12.2. The Labute approximate surface area is 139 Å². The van der Waals surface area contributed by atoms with Crippen LogP contribution >= 0.6 is 11.6 Å². The molecule has 2 rings (SSSR count). The molecule has 0 aliphatic heterocycles. The zero-order valence-electron chi connectivity index (χ0n) is 12.3. The third-order valence-corrected chi connectivity index (χ3v) is 4.30. The fourth-order valence-corrected chi connectivity index (χ4v) is 2.70. The number of hydrogen-bond acceptors (Lipinski definition) is 4. The number of carbonyl (C=O) groups excluding carboxylic acids is 1. The molecule has 0 saturated heterocycles. The second kappa shape index (κ2) is 6.99. The average Bonchev–Trinajstić information content (AvgIpc) is 2.49. The Morgan fingerprint density at radius 2 is 1.83 bits per heavy atom. The molecule has 1 unspecified atom stereocenters. The summed E-state index contributed by atoms with van der Waals surface area (Å²) < 4.78 is 22.5. The molecule has 1 amide bonds. The number of nitrogens with two attached hydrogens (primary N) is 1. The van der Waals surface area contributed by atoms with E-state index in [2.05, 4.69) is 10.6 Å². The molecule has 0 aliphatic rings. The van der Waals surface area contributed by atoms with Gasteiger partial charge in [-0.3, -0.25) is 4.79 Å². The minimum atomic E-state index is -3.84. The van der Waals surface area contributed by atoms with Gasteiger partial charge in [-0.1, -0.05) is 29.8 Å². The van der Waals surface area contributed by atoms with E-state index in [1.165, 1.54) is 18.2 Å². The van der Waals surface area contributed by atoms with Crippen LogP contribution in [0.4, 0.5) is 11.4 Å². The molecular weight excluding hydrogens is 338 g/mol. The molecule has 6 nitrogen and oxygen atoms in total. The Bertz CT molecular complexity index is 810. The van der Waals surface area contributed by atoms with E-state index in [4.69, 9.17) is 16.7 Å². The van der Waals surface area contributed by atoms with E-state index >= 15 is 0 Å². The molecule has 1 atom stereocenters. The van der Waals surface area contributed by atoms with E-state index < -0.39 is 16.1 Å². The highest BCUT2D eigenvalue weighted by Gasteiger charge is 2.16. The molecule has 0 aliphatic carbocycles. The Morgan fingerprint density at radius 1 is 1.17 bits per heavy atom. The van der Waals surface area contributed by atoms with Crippen molar-refractivity contribution in [2.24, 2.45) is 5.14 Å². The standard InChI is InChI=1S/C15H16ClN3O3S/c1-10(18-11-5-3-2-4-6-11)15(20)19-14-8-7-12(9-13(14)16)23(17,21)22/h2-10,18H,1H3,(H,19,20)(H2,17,21,22). The molecule has 2 aromatic carbocycles. The Morgan fingerprint density at radius 3 is 2.39 bits per heavy atom. The first-order chi connectivity index (χ1) is 10.8. The summed E-state index contributed by atoms with van der Waals surface area (Å²) in [5, 5.41) is 10.8. The maximum atomic E-state index is 12.2. The molecule has 0 radical (unpaired) electrons. The quantitative estimate of drug-likeness (QED) is 0.768. The van der Waals surface area contributed by atoms with Crippen molar-refractivity contribution in [2.45, 2.75) is 17.9 Å². The molecule has 0 fully saturated rings. The van der Waals surface area contributed by atoms with Crippen molar-refractivity contribution >= 4 is 38.9 Å². The van der Waals surface area contributed by atoms with Crippen LogP contribution in [0.15, 0.2) is 53.4 Å². The number of halogens is 1. The summed E-state index contributed by atoms with van der Waals surface area (Å²) in [7, 11) is -3.84. The topological polar surface area (TPSA) is 101 Å². The molecule has 122 valence electrons. The minimum absolute atomic E-state index is 0.0942. The van der Waals surface area contributed by atoms with Crippen molar-refractivity contribution in [3.63, 3.8) is 0 Å². The molecule has 0 heterocycles. The Kier molecular flexibility index (Phi) is 5.25. The Hall–Kier alpha value is -2.09. The van der Waals surface area contributed by atoms with Crippen LogP contribution in [0.1, 0.15) is 6.92 Å². The number of hydrogen-bond donors (Lipinski definition) is 3. The molecule has 0 spiro atoms. The van der Waals surface area contributed by atoms with Crippen molar-refractivity contribution < 1.29 is 13.2 Å². The van der Waals surface area contributed by atoms with Crippen LogP contribution in [0, 0.1) is 0 Å². The van der Waals surface area contributed by atoms with Gasteiger partial charge in [0.25, 0.3) is 0 Å². The molecule has 8 heteroatoms. The average molecular weight is 354 g/mol. The number of primary sulfonamides is 1. The van der Waals surface area contributed by atoms with Gasteiger partial charge in [0.2, 0.25) is 15.9 Å². The van der Waals surface area contributed by atoms with Crippen molar-refractivity contribution in [1.29, 1.82) is 0 Å². The molecule has 23 heavy (non-hydrogen) atoms. The van der Waals surface area contributed by atoms with Gasteiger partial charge >= 0.3 is 0 Å². The number of rotatable bonds is 5. The number of carbonyl (C=O) groups is 1. The molecule has 0 bridgehead atoms. The van der Waals surface area contributed by atoms with Crippen LogP contribution in [0.25, 0.3) is 0 Å². The highest BCUT2D eigenvalue weighted by Crippen LogP contribution is 2.25. The fraction of sp³-hybridized carbons (Fsp3) is 0.133. The lowest BCUT2D eigenvalue weighted by atomic mass is 10.2. The van der Waals surface area contributed by atoms with Gasteiger partial charge in [-0.2, -0.15) is 0 Å². The first-order valence-corrected chi connectivity index (χ1v) is 8.64. The highest BCUT2D eigenvalue weighted by atomic mass is 35.5. The summed E-state index contributed by atoms with van der Waals surface area (Å²) in [6.45, 7) is 1.70. The second-order valence-corrected chi connectivity index (χ2v) is 6.88. The van der Waals surface area contributed by atoms with Gasteiger partial charge in [0.15, 0.2) is 0 Å². The van der Waals surface area contributed by atoms with E-state index in [-0.39, 0.29) is 15.8 Å². The van der Waals surface area contributed by atoms with E-state index in [1.54, 1.807) is 6.92 Å². The van der Waals surface area contributed by atoms with Gasteiger partial charge in [-0.05, 0) is 37.3 Å². The predicted molar refractivity (Wildman–Crippen MR) is 91.0 cm³/mol. The van der Waals surface area contributed by atoms with Crippen molar-refractivity contribution in [1.82, 2.24) is 0 Å². The largest absolute Gasteiger partial charge is 0.374 e. The first-order valence-electron chi connectivity index (χ1n) is 6.72. The fourth-order valence-electron chi connectivity index (χ4n) is 1.87. The van der Waals surface area contributed by atoms with Crippen LogP contribution in [0.5, 0.6) is 0 Å². The zero-order chi connectivity index (χ0) is 17.0. The van der Waals surface area contributed by atoms with Crippen LogP contribution in [0.3, 0.4) is 0 Å². The van der Waals surface area contributed by atoms with Crippen molar-refractivity contribution in [3.8, 4) is 0 Å². The number of sulfonamides is 1. The summed E-state index contributed by atoms with van der Waals surface area (Å²) in [6.07, 6.45) is 0. The van der Waals surface area contributed by atoms with Crippen LogP contribution in [0.2, 0.25) is 5.02 Å². The van der Waals surface area contributed by atoms with E-state index in [0.717, 1.165) is 5.69 Å². The van der Waals surface area contributed by atoms with Crippen LogP contribution in [-0.4, -0.2) is 20.4 Å². The summed E-state index contributed by atoms with van der Waals surface area (Å²) >= 11 is 5.99. The number of amides is 1. The first kappa shape index (κ1) is 17.3. The smallest absolute Gasteiger partial charge is 0.246 e. The number of anilines is 2. The summed E-state index contributed by atoms with van der Waals surface area (Å²) in [4.78, 5) is 12.1. The highest BCUT2D eigenvalue weighted by molar-refractivity contribution is 7.89. The monoisotopic (exact) mass is 353 g/mol. The third kappa shape index (κ3) is 4.69. The van der Waals surface area contributed by atoms with Gasteiger partial charge in [0.1, 0.15) is 6.04 Å². The SMILES string of the molecule is CC(Nc1ccccc1)C(=O)Nc1ccc(S(N)(=O)=O)cc1Cl. The normalized spacial score (nSPS) is 12.5. The maximum Gasteiger partial charge on any atom is 0.246 e. The molecule has 4 N–H and O–H groups in total. The van der Waals surface area contributed by atoms with Gasteiger partial charge < -0.3 is 10.6 Å². The number of benzene rings is 2. The third-order valence-electron chi connectivity index (χ3n) is 3.08. The van der Waals surface area contributed by atoms with Gasteiger partial charge in [-0.15, -0.1) is 0 Å². The molecule has 0 saturated carbocycles. The van der Waals surface area contributed by atoms with Gasteiger partial charge in [0.05, 0.1) is 15.6 Å². The molecule has 0 aromatic heterocycles. The van der Waals surface area contributed by atoms with E-state index in [0.29, 0.717) is 5.69 Å². The number of para-hydroxylation sites is 1. The lowest BCUT2D eigenvalue weighted by Gasteiger charge is -2.16. The number of nitrogens with one attached hydrogen (secondary N) is 2. The second-order valence-electron chi connectivity index (χ2n) is 4.91. The summed E-state index contributed by atoms with van der Waals surface area (Å²) in [6, 6.07) is 12.7. The van der Waals surface area contributed by atoms with Crippen molar-refractivity contribution in [3.05, 3.63) is 53.6 Å². The van der Waals surface area contributed by atoms with Crippen LogP contribution in [-0.2, 0) is 14.8 Å². The summed E-state index contributed by atoms with van der Waals surface area (Å²) in [5.41, 5.74) is 1.12. The minimum Gasteiger partial charge on any atom is -0.374 e. The van der Waals surface area contributed by atoms with Gasteiger partial charge in [0, 0.05) is 5.69 Å². The van der Waals surface area contributed by atoms with E-state index in [1.807, 2.05) is 30.3 Å². The van der Waals surface area contributed by atoms with Crippen molar-refractivity contribution in [2.75, 3.05) is 10.6 Å². The lowest BCUT2D eigenvalue weighted by Crippen LogP contribution is -2.31. The summed E-state index contributed by atoms with van der Waals surface area (Å²) in [5.74, 6) is -0.306. The molecule has 2 aromatic rings. The predicted octanol–water partition coefficient (Wildman–Crippen LogP) is 2.43. The van der Waals surface area contributed by atoms with Gasteiger partial charge in [-0.25, -0.2) is 13.6 Å². The Balaban J connectivity index is 2.08.